The number of carbonyl (C=O) groups excluding carboxylic acids is 1. The van der Waals surface area contributed by atoms with Crippen molar-refractivity contribution < 1.29 is 19.0 Å². The van der Waals surface area contributed by atoms with Gasteiger partial charge in [-0.3, -0.25) is 4.79 Å². The number of methoxy groups -OCH3 is 1. The Morgan fingerprint density at radius 1 is 1.11 bits per heavy atom. The van der Waals surface area contributed by atoms with Gasteiger partial charge in [0, 0.05) is 43.2 Å². The summed E-state index contributed by atoms with van der Waals surface area (Å²) in [5.74, 6) is 1.20. The van der Waals surface area contributed by atoms with E-state index in [2.05, 4.69) is 4.90 Å². The lowest BCUT2D eigenvalue weighted by molar-refractivity contribution is -0.131. The number of piperidine rings is 1. The molecule has 1 aliphatic heterocycles. The molecule has 2 aromatic carbocycles. The fourth-order valence-electron chi connectivity index (χ4n) is 4.71. The second kappa shape index (κ2) is 11.3. The van der Waals surface area contributed by atoms with Gasteiger partial charge in [-0.1, -0.05) is 12.1 Å². The molecule has 1 aliphatic rings. The Kier molecular flexibility index (Phi) is 7.67. The van der Waals surface area contributed by atoms with Crippen LogP contribution in [0.5, 0.6) is 5.75 Å². The third kappa shape index (κ3) is 6.09. The van der Waals surface area contributed by atoms with Gasteiger partial charge in [-0.25, -0.2) is 9.37 Å². The average Bonchev–Trinajstić information content (AvgIpc) is 3.42. The molecule has 5 rings (SSSR count). The molecule has 4 aromatic rings. The van der Waals surface area contributed by atoms with Gasteiger partial charge in [0.05, 0.1) is 25.2 Å². The van der Waals surface area contributed by atoms with Gasteiger partial charge >= 0.3 is 0 Å². The van der Waals surface area contributed by atoms with Crippen LogP contribution < -0.4 is 9.64 Å². The van der Waals surface area contributed by atoms with Crippen molar-refractivity contribution in [3.63, 3.8) is 0 Å². The van der Waals surface area contributed by atoms with Crippen LogP contribution in [0.15, 0.2) is 65.4 Å². The molecule has 1 amide bonds. The predicted molar refractivity (Wildman–Crippen MR) is 144 cm³/mol. The van der Waals surface area contributed by atoms with Crippen molar-refractivity contribution in [2.45, 2.75) is 38.5 Å². The normalized spacial score (nSPS) is 14.2. The quantitative estimate of drug-likeness (QED) is 0.348. The van der Waals surface area contributed by atoms with Crippen LogP contribution in [0.1, 0.15) is 29.5 Å². The van der Waals surface area contributed by atoms with Gasteiger partial charge in [0.2, 0.25) is 5.91 Å². The molecule has 192 valence electrons. The summed E-state index contributed by atoms with van der Waals surface area (Å²) in [6.45, 7) is 2.11. The molecule has 8 heteroatoms. The van der Waals surface area contributed by atoms with Crippen LogP contribution in [0.25, 0.3) is 10.9 Å². The van der Waals surface area contributed by atoms with Crippen LogP contribution in [0.4, 0.5) is 10.2 Å². The van der Waals surface area contributed by atoms with Crippen molar-refractivity contribution in [1.29, 1.82) is 0 Å². The lowest BCUT2D eigenvalue weighted by Gasteiger charge is -2.33. The van der Waals surface area contributed by atoms with Crippen molar-refractivity contribution in [3.8, 4) is 5.75 Å². The zero-order chi connectivity index (χ0) is 25.8. The Hall–Kier alpha value is -3.49. The highest BCUT2D eigenvalue weighted by molar-refractivity contribution is 7.08. The Bertz CT molecular complexity index is 1350. The van der Waals surface area contributed by atoms with Crippen LogP contribution in [-0.2, 0) is 24.3 Å². The largest absolute Gasteiger partial charge is 0.497 e. The molecule has 1 fully saturated rings. The molecule has 3 heterocycles. The highest BCUT2D eigenvalue weighted by Gasteiger charge is 2.24. The van der Waals surface area contributed by atoms with E-state index in [0.717, 1.165) is 33.6 Å². The third-order valence-electron chi connectivity index (χ3n) is 6.78. The number of hydrogen-bond acceptors (Lipinski definition) is 6. The molecule has 1 saturated heterocycles. The summed E-state index contributed by atoms with van der Waals surface area (Å²) in [4.78, 5) is 22.4. The van der Waals surface area contributed by atoms with E-state index in [1.54, 1.807) is 24.5 Å². The van der Waals surface area contributed by atoms with Crippen LogP contribution in [0.2, 0.25) is 0 Å². The van der Waals surface area contributed by atoms with Crippen LogP contribution in [-0.4, -0.2) is 47.2 Å². The number of nitrogens with zero attached hydrogens (tertiary/aromatic N) is 3. The van der Waals surface area contributed by atoms with E-state index in [9.17, 15) is 14.3 Å². The summed E-state index contributed by atoms with van der Waals surface area (Å²) in [5, 5.41) is 14.8. The van der Waals surface area contributed by atoms with Crippen LogP contribution >= 0.6 is 11.3 Å². The topological polar surface area (TPSA) is 65.9 Å². The predicted octanol–water partition coefficient (Wildman–Crippen LogP) is 5.18. The molecule has 0 atom stereocenters. The van der Waals surface area contributed by atoms with E-state index in [1.807, 2.05) is 52.1 Å². The molecule has 0 radical (unpaired) electrons. The molecular formula is C29H30FN3O3S. The highest BCUT2D eigenvalue weighted by Crippen LogP contribution is 2.29. The van der Waals surface area contributed by atoms with Gasteiger partial charge in [-0.15, -0.1) is 0 Å². The van der Waals surface area contributed by atoms with E-state index in [1.165, 1.54) is 12.1 Å². The van der Waals surface area contributed by atoms with Gasteiger partial charge in [0.15, 0.2) is 0 Å². The molecule has 0 saturated carbocycles. The number of rotatable bonds is 8. The first kappa shape index (κ1) is 25.2. The molecule has 6 nitrogen and oxygen atoms in total. The minimum Gasteiger partial charge on any atom is -0.497 e. The number of ether oxygens (including phenoxy) is 1. The molecule has 0 bridgehead atoms. The summed E-state index contributed by atoms with van der Waals surface area (Å²) < 4.78 is 19.3. The Morgan fingerprint density at radius 2 is 1.89 bits per heavy atom. The van der Waals surface area contributed by atoms with Crippen LogP contribution in [0.3, 0.4) is 0 Å². The smallest absolute Gasteiger partial charge is 0.227 e. The standard InChI is InChI=1S/C29H30FN3O3S/c1-36-26-6-2-20(3-7-26)17-33(28(35)14-21-10-13-37-19-21)18-23-15-22-4-5-24(30)16-27(22)31-29(23)32-11-8-25(34)9-12-32/h2-7,10,13,15-16,19,25,34H,8-9,11-12,14,17-18H2,1H3. The summed E-state index contributed by atoms with van der Waals surface area (Å²) in [5.41, 5.74) is 3.48. The van der Waals surface area contributed by atoms with E-state index in [0.29, 0.717) is 51.0 Å². The third-order valence-corrected chi connectivity index (χ3v) is 7.51. The Labute approximate surface area is 219 Å². The number of fused-ring (bicyclic) bond motifs is 1. The first-order chi connectivity index (χ1) is 18.0. The van der Waals surface area contributed by atoms with Crippen LogP contribution in [0, 0.1) is 5.82 Å². The van der Waals surface area contributed by atoms with Crippen molar-refractivity contribution in [1.82, 2.24) is 9.88 Å². The molecule has 0 aliphatic carbocycles. The summed E-state index contributed by atoms with van der Waals surface area (Å²) in [6.07, 6.45) is 1.29. The number of aliphatic hydroxyl groups is 1. The number of carbonyl (C=O) groups is 1. The Balaban J connectivity index is 1.50. The van der Waals surface area contributed by atoms with Gasteiger partial charge in [-0.2, -0.15) is 11.3 Å². The lowest BCUT2D eigenvalue weighted by atomic mass is 10.1. The van der Waals surface area contributed by atoms with Crippen molar-refractivity contribution in [3.05, 3.63) is 87.9 Å². The maximum Gasteiger partial charge on any atom is 0.227 e. The summed E-state index contributed by atoms with van der Waals surface area (Å²) in [6, 6.07) is 16.3. The number of pyridine rings is 1. The fourth-order valence-corrected chi connectivity index (χ4v) is 5.38. The number of thiophene rings is 1. The number of amides is 1. The zero-order valence-electron chi connectivity index (χ0n) is 20.8. The number of aliphatic hydroxyl groups excluding tert-OH is 1. The van der Waals surface area contributed by atoms with Gasteiger partial charge in [0.25, 0.3) is 0 Å². The molecule has 0 spiro atoms. The van der Waals surface area contributed by atoms with Gasteiger partial charge < -0.3 is 19.6 Å². The van der Waals surface area contributed by atoms with Gasteiger partial charge in [0.1, 0.15) is 17.4 Å². The number of hydrogen-bond donors (Lipinski definition) is 1. The molecular weight excluding hydrogens is 489 g/mol. The zero-order valence-corrected chi connectivity index (χ0v) is 21.6. The first-order valence-corrected chi connectivity index (χ1v) is 13.4. The maximum absolute atomic E-state index is 14.0. The second-order valence-electron chi connectivity index (χ2n) is 9.43. The van der Waals surface area contributed by atoms with E-state index < -0.39 is 0 Å². The van der Waals surface area contributed by atoms with Crippen molar-refractivity contribution in [2.24, 2.45) is 0 Å². The lowest BCUT2D eigenvalue weighted by Crippen LogP contribution is -2.38. The van der Waals surface area contributed by atoms with Gasteiger partial charge in [-0.05, 0) is 71.1 Å². The summed E-state index contributed by atoms with van der Waals surface area (Å²) in [7, 11) is 1.63. The number of anilines is 1. The minimum atomic E-state index is -0.333. The average molecular weight is 520 g/mol. The first-order valence-electron chi connectivity index (χ1n) is 12.4. The van der Waals surface area contributed by atoms with E-state index in [-0.39, 0.29) is 17.8 Å². The monoisotopic (exact) mass is 519 g/mol. The number of halogens is 1. The van der Waals surface area contributed by atoms with Crippen molar-refractivity contribution in [2.75, 3.05) is 25.1 Å². The second-order valence-corrected chi connectivity index (χ2v) is 10.2. The highest BCUT2D eigenvalue weighted by atomic mass is 32.1. The van der Waals surface area contributed by atoms with E-state index >= 15 is 0 Å². The maximum atomic E-state index is 14.0. The van der Waals surface area contributed by atoms with E-state index in [4.69, 9.17) is 9.72 Å². The molecule has 0 unspecified atom stereocenters. The van der Waals surface area contributed by atoms with Crippen molar-refractivity contribution >= 4 is 34.0 Å². The minimum absolute atomic E-state index is 0.0217. The number of aromatic nitrogens is 1. The number of benzene rings is 2. The Morgan fingerprint density at radius 3 is 2.59 bits per heavy atom. The molecule has 1 N–H and O–H groups in total. The summed E-state index contributed by atoms with van der Waals surface area (Å²) >= 11 is 1.58. The molecule has 37 heavy (non-hydrogen) atoms. The fraction of sp³-hybridized carbons (Fsp3) is 0.310. The molecule has 2 aromatic heterocycles. The SMILES string of the molecule is COc1ccc(CN(Cc2cc3ccc(F)cc3nc2N2CCC(O)CC2)C(=O)Cc2ccsc2)cc1.